The van der Waals surface area contributed by atoms with E-state index in [1.807, 2.05) is 6.07 Å². The molecule has 0 atom stereocenters. The molecule has 0 aliphatic rings. The summed E-state index contributed by atoms with van der Waals surface area (Å²) in [5.41, 5.74) is 1.91. The number of carbonyl (C=O) groups excluding carboxylic acids is 1. The predicted molar refractivity (Wildman–Crippen MR) is 103 cm³/mol. The highest BCUT2D eigenvalue weighted by atomic mass is 35.5. The van der Waals surface area contributed by atoms with Gasteiger partial charge in [-0.05, 0) is 42.5 Å². The molecule has 3 rings (SSSR count). The van der Waals surface area contributed by atoms with Crippen molar-refractivity contribution in [3.63, 3.8) is 0 Å². The van der Waals surface area contributed by atoms with Crippen molar-refractivity contribution in [2.45, 2.75) is 0 Å². The van der Waals surface area contributed by atoms with Crippen LogP contribution in [0.25, 0.3) is 0 Å². The zero-order chi connectivity index (χ0) is 18.5. The van der Waals surface area contributed by atoms with Crippen LogP contribution in [-0.2, 0) is 0 Å². The average Bonchev–Trinajstić information content (AvgIpc) is 2.62. The van der Waals surface area contributed by atoms with E-state index in [0.29, 0.717) is 38.4 Å². The monoisotopic (exact) mass is 382 g/mol. The quantitative estimate of drug-likeness (QED) is 0.645. The number of anilines is 3. The molecule has 5 nitrogen and oxygen atoms in total. The molecule has 2 aromatic carbocycles. The van der Waals surface area contributed by atoms with Crippen LogP contribution < -0.4 is 10.6 Å². The van der Waals surface area contributed by atoms with Gasteiger partial charge in [0.1, 0.15) is 11.9 Å². The molecular formula is C19H12Cl2N4O. The van der Waals surface area contributed by atoms with E-state index in [2.05, 4.69) is 15.6 Å². The summed E-state index contributed by atoms with van der Waals surface area (Å²) < 4.78 is 0. The van der Waals surface area contributed by atoms with Gasteiger partial charge in [-0.1, -0.05) is 35.3 Å². The summed E-state index contributed by atoms with van der Waals surface area (Å²) in [4.78, 5) is 16.5. The van der Waals surface area contributed by atoms with Crippen molar-refractivity contribution in [3.8, 4) is 6.07 Å². The van der Waals surface area contributed by atoms with Crippen molar-refractivity contribution in [3.05, 3.63) is 82.0 Å². The Bertz CT molecular complexity index is 977. The Kier molecular flexibility index (Phi) is 5.37. The molecule has 1 amide bonds. The number of pyridine rings is 1. The first-order valence-electron chi connectivity index (χ1n) is 7.55. The highest BCUT2D eigenvalue weighted by molar-refractivity contribution is 6.35. The number of nitrogens with one attached hydrogen (secondary N) is 2. The van der Waals surface area contributed by atoms with Crippen LogP contribution in [0.2, 0.25) is 10.0 Å². The summed E-state index contributed by atoms with van der Waals surface area (Å²) in [5.74, 6) is 0.190. The number of nitrogens with zero attached hydrogens (tertiary/aromatic N) is 2. The molecule has 2 N–H and O–H groups in total. The molecular weight excluding hydrogens is 371 g/mol. The van der Waals surface area contributed by atoms with E-state index in [0.717, 1.165) is 0 Å². The number of hydrogen-bond donors (Lipinski definition) is 2. The molecule has 7 heteroatoms. The largest absolute Gasteiger partial charge is 0.340 e. The first kappa shape index (κ1) is 17.7. The van der Waals surface area contributed by atoms with Crippen LogP contribution >= 0.6 is 23.2 Å². The van der Waals surface area contributed by atoms with Gasteiger partial charge in [0.05, 0.1) is 16.8 Å². The van der Waals surface area contributed by atoms with E-state index in [1.165, 1.54) is 6.20 Å². The zero-order valence-corrected chi connectivity index (χ0v) is 14.8. The first-order chi connectivity index (χ1) is 12.5. The van der Waals surface area contributed by atoms with Crippen LogP contribution in [0.4, 0.5) is 17.2 Å². The molecule has 26 heavy (non-hydrogen) atoms. The molecule has 0 fully saturated rings. The lowest BCUT2D eigenvalue weighted by molar-refractivity contribution is 0.102. The maximum absolute atomic E-state index is 12.3. The molecule has 0 spiro atoms. The van der Waals surface area contributed by atoms with Crippen molar-refractivity contribution in [1.82, 2.24) is 4.98 Å². The summed E-state index contributed by atoms with van der Waals surface area (Å²) in [6, 6.07) is 17.2. The number of nitriles is 1. The second-order valence-corrected chi connectivity index (χ2v) is 6.20. The number of amides is 1. The molecule has 3 aromatic rings. The minimum absolute atomic E-state index is 0.349. The van der Waals surface area contributed by atoms with Gasteiger partial charge in [-0.25, -0.2) is 4.98 Å². The molecule has 0 unspecified atom stereocenters. The van der Waals surface area contributed by atoms with Crippen molar-refractivity contribution in [1.29, 1.82) is 5.26 Å². The van der Waals surface area contributed by atoms with E-state index in [-0.39, 0.29) is 5.91 Å². The molecule has 0 bridgehead atoms. The summed E-state index contributed by atoms with van der Waals surface area (Å²) >= 11 is 11.9. The SMILES string of the molecule is N#Cc1ccccc1NC(=O)c1ccc(Nc2cc(Cl)cc(Cl)c2)nc1. The minimum atomic E-state index is -0.349. The van der Waals surface area contributed by atoms with E-state index in [1.54, 1.807) is 54.6 Å². The third kappa shape index (κ3) is 4.31. The summed E-state index contributed by atoms with van der Waals surface area (Å²) in [6.45, 7) is 0. The van der Waals surface area contributed by atoms with Gasteiger partial charge in [0.25, 0.3) is 5.91 Å². The van der Waals surface area contributed by atoms with Gasteiger partial charge in [0.2, 0.25) is 0 Å². The smallest absolute Gasteiger partial charge is 0.257 e. The predicted octanol–water partition coefficient (Wildman–Crippen LogP) is 5.26. The maximum atomic E-state index is 12.3. The normalized spacial score (nSPS) is 10.0. The zero-order valence-electron chi connectivity index (χ0n) is 13.3. The van der Waals surface area contributed by atoms with Crippen molar-refractivity contribution >= 4 is 46.3 Å². The lowest BCUT2D eigenvalue weighted by Crippen LogP contribution is -2.13. The summed E-state index contributed by atoms with van der Waals surface area (Å²) in [6.07, 6.45) is 1.44. The van der Waals surface area contributed by atoms with E-state index < -0.39 is 0 Å². The van der Waals surface area contributed by atoms with Crippen LogP contribution in [0, 0.1) is 11.3 Å². The fourth-order valence-electron chi connectivity index (χ4n) is 2.26. The maximum Gasteiger partial charge on any atom is 0.257 e. The lowest BCUT2D eigenvalue weighted by atomic mass is 10.2. The fraction of sp³-hybridized carbons (Fsp3) is 0. The van der Waals surface area contributed by atoms with E-state index in [4.69, 9.17) is 28.5 Å². The van der Waals surface area contributed by atoms with Crippen molar-refractivity contribution in [2.24, 2.45) is 0 Å². The molecule has 0 saturated heterocycles. The Hall–Kier alpha value is -3.07. The number of hydrogen-bond acceptors (Lipinski definition) is 4. The molecule has 0 aliphatic heterocycles. The molecule has 128 valence electrons. The van der Waals surface area contributed by atoms with Crippen LogP contribution in [-0.4, -0.2) is 10.9 Å². The average molecular weight is 383 g/mol. The molecule has 0 aliphatic carbocycles. The highest BCUT2D eigenvalue weighted by Crippen LogP contribution is 2.24. The summed E-state index contributed by atoms with van der Waals surface area (Å²) in [7, 11) is 0. The Morgan fingerprint density at radius 3 is 2.42 bits per heavy atom. The lowest BCUT2D eigenvalue weighted by Gasteiger charge is -2.09. The van der Waals surface area contributed by atoms with Gasteiger partial charge >= 0.3 is 0 Å². The van der Waals surface area contributed by atoms with Gasteiger partial charge in [0, 0.05) is 21.9 Å². The first-order valence-corrected chi connectivity index (χ1v) is 8.30. The van der Waals surface area contributed by atoms with Crippen LogP contribution in [0.5, 0.6) is 0 Å². The van der Waals surface area contributed by atoms with Gasteiger partial charge in [0.15, 0.2) is 0 Å². The van der Waals surface area contributed by atoms with E-state index in [9.17, 15) is 4.79 Å². The molecule has 1 heterocycles. The highest BCUT2D eigenvalue weighted by Gasteiger charge is 2.09. The third-order valence-electron chi connectivity index (χ3n) is 3.46. The Balaban J connectivity index is 1.73. The number of halogens is 2. The number of benzene rings is 2. The van der Waals surface area contributed by atoms with Crippen molar-refractivity contribution < 1.29 is 4.79 Å². The Morgan fingerprint density at radius 2 is 1.77 bits per heavy atom. The van der Waals surface area contributed by atoms with Gasteiger partial charge in [-0.15, -0.1) is 0 Å². The Labute approximate surface area is 160 Å². The van der Waals surface area contributed by atoms with Gasteiger partial charge in [-0.3, -0.25) is 4.79 Å². The molecule has 0 saturated carbocycles. The number of para-hydroxylation sites is 1. The fourth-order valence-corrected chi connectivity index (χ4v) is 2.79. The Morgan fingerprint density at radius 1 is 1.04 bits per heavy atom. The van der Waals surface area contributed by atoms with Crippen LogP contribution in [0.15, 0.2) is 60.8 Å². The second kappa shape index (κ2) is 7.87. The number of aromatic nitrogens is 1. The number of rotatable bonds is 4. The van der Waals surface area contributed by atoms with E-state index >= 15 is 0 Å². The van der Waals surface area contributed by atoms with Crippen LogP contribution in [0.3, 0.4) is 0 Å². The third-order valence-corrected chi connectivity index (χ3v) is 3.89. The minimum Gasteiger partial charge on any atom is -0.340 e. The topological polar surface area (TPSA) is 77.8 Å². The number of carbonyl (C=O) groups is 1. The van der Waals surface area contributed by atoms with Gasteiger partial charge < -0.3 is 10.6 Å². The molecule has 0 radical (unpaired) electrons. The van der Waals surface area contributed by atoms with Crippen molar-refractivity contribution in [2.75, 3.05) is 10.6 Å². The van der Waals surface area contributed by atoms with Crippen LogP contribution in [0.1, 0.15) is 15.9 Å². The standard InChI is InChI=1S/C19H12Cl2N4O/c20-14-7-15(21)9-16(8-14)24-18-6-5-13(11-23-18)19(26)25-17-4-2-1-3-12(17)10-22/h1-9,11H,(H,23,24)(H,25,26). The second-order valence-electron chi connectivity index (χ2n) is 5.33. The molecule has 1 aromatic heterocycles. The summed E-state index contributed by atoms with van der Waals surface area (Å²) in [5, 5.41) is 15.9. The van der Waals surface area contributed by atoms with Gasteiger partial charge in [-0.2, -0.15) is 5.26 Å².